The molecule has 1 saturated carbocycles. The van der Waals surface area contributed by atoms with E-state index < -0.39 is 11.6 Å². The molecule has 4 rings (SSSR count). The van der Waals surface area contributed by atoms with Gasteiger partial charge in [-0.15, -0.1) is 0 Å². The van der Waals surface area contributed by atoms with Crippen LogP contribution in [0.2, 0.25) is 0 Å². The summed E-state index contributed by atoms with van der Waals surface area (Å²) in [6.07, 6.45) is 4.94. The first-order valence-corrected chi connectivity index (χ1v) is 14.4. The second kappa shape index (κ2) is 12.9. The molecular weight excluding hydrogens is 522 g/mol. The maximum absolute atomic E-state index is 13.8. The van der Waals surface area contributed by atoms with E-state index in [4.69, 9.17) is 4.74 Å². The number of nitrogens with one attached hydrogen (secondary N) is 2. The van der Waals surface area contributed by atoms with E-state index in [9.17, 15) is 19.5 Å². The van der Waals surface area contributed by atoms with Crippen LogP contribution in [0.1, 0.15) is 64.0 Å². The minimum Gasteiger partial charge on any atom is -0.495 e. The Morgan fingerprint density at radius 2 is 1.85 bits per heavy atom. The van der Waals surface area contributed by atoms with Crippen LogP contribution in [0, 0.1) is 12.8 Å². The van der Waals surface area contributed by atoms with Gasteiger partial charge in [0.25, 0.3) is 5.91 Å². The number of hydrogen-bond donors (Lipinski definition) is 3. The Hall–Kier alpha value is -3.63. The molecule has 2 fully saturated rings. The fourth-order valence-electron chi connectivity index (χ4n) is 5.22. The average Bonchev–Trinajstić information content (AvgIpc) is 3.74. The number of aliphatic hydroxyl groups excluding tert-OH is 1. The van der Waals surface area contributed by atoms with Crippen LogP contribution in [0.15, 0.2) is 42.5 Å². The summed E-state index contributed by atoms with van der Waals surface area (Å²) in [6.45, 7) is 8.12. The summed E-state index contributed by atoms with van der Waals surface area (Å²) < 4.78 is 5.56. The third-order valence-electron chi connectivity index (χ3n) is 8.06. The fraction of sp³-hybridized carbons (Fsp3) is 0.516. The van der Waals surface area contributed by atoms with Gasteiger partial charge in [0, 0.05) is 31.4 Å². The zero-order valence-corrected chi connectivity index (χ0v) is 24.8. The van der Waals surface area contributed by atoms with Gasteiger partial charge >= 0.3 is 12.1 Å². The number of rotatable bonds is 13. The Labute approximate surface area is 242 Å². The molecule has 0 aromatic heterocycles. The first-order valence-electron chi connectivity index (χ1n) is 14.4. The molecule has 41 heavy (non-hydrogen) atoms. The van der Waals surface area contributed by atoms with Crippen LogP contribution in [0.4, 0.5) is 21.0 Å². The molecule has 1 heterocycles. The molecule has 3 N–H and O–H groups in total. The van der Waals surface area contributed by atoms with Crippen LogP contribution in [0.5, 0.6) is 5.75 Å². The quantitative estimate of drug-likeness (QED) is 0.282. The number of nitrogens with zero attached hydrogens (tertiary/aromatic N) is 3. The van der Waals surface area contributed by atoms with E-state index in [1.165, 1.54) is 25.0 Å². The molecule has 0 radical (unpaired) electrons. The molecule has 1 saturated heterocycles. The lowest BCUT2D eigenvalue weighted by molar-refractivity contribution is -0.146. The van der Waals surface area contributed by atoms with Crippen molar-refractivity contribution in [1.29, 1.82) is 0 Å². The van der Waals surface area contributed by atoms with Gasteiger partial charge in [-0.1, -0.05) is 37.1 Å². The van der Waals surface area contributed by atoms with E-state index in [-0.39, 0.29) is 31.1 Å². The topological polar surface area (TPSA) is 114 Å². The van der Waals surface area contributed by atoms with Crippen molar-refractivity contribution in [3.8, 4) is 5.75 Å². The number of carbonyl (C=O) groups is 3. The molecule has 5 amide bonds. The van der Waals surface area contributed by atoms with Crippen molar-refractivity contribution in [3.05, 3.63) is 53.6 Å². The Kier molecular flexibility index (Phi) is 9.55. The number of urea groups is 2. The van der Waals surface area contributed by atoms with Gasteiger partial charge in [-0.3, -0.25) is 4.79 Å². The molecule has 0 bridgehead atoms. The summed E-state index contributed by atoms with van der Waals surface area (Å²) in [7, 11) is 1.52. The predicted molar refractivity (Wildman–Crippen MR) is 159 cm³/mol. The normalized spacial score (nSPS) is 17.2. The van der Waals surface area contributed by atoms with E-state index in [2.05, 4.69) is 10.6 Å². The van der Waals surface area contributed by atoms with Gasteiger partial charge in [0.1, 0.15) is 11.3 Å². The maximum atomic E-state index is 13.8. The Morgan fingerprint density at radius 1 is 1.15 bits per heavy atom. The molecule has 10 heteroatoms. The second-order valence-corrected chi connectivity index (χ2v) is 11.6. The third-order valence-corrected chi connectivity index (χ3v) is 8.06. The number of anilines is 2. The molecule has 2 aromatic rings. The van der Waals surface area contributed by atoms with Crippen molar-refractivity contribution in [3.63, 3.8) is 0 Å². The Morgan fingerprint density at radius 3 is 2.51 bits per heavy atom. The van der Waals surface area contributed by atoms with Gasteiger partial charge < -0.3 is 25.4 Å². The van der Waals surface area contributed by atoms with Crippen LogP contribution in [-0.4, -0.2) is 69.8 Å². The van der Waals surface area contributed by atoms with E-state index in [0.29, 0.717) is 30.1 Å². The van der Waals surface area contributed by atoms with Crippen molar-refractivity contribution < 1.29 is 24.2 Å². The van der Waals surface area contributed by atoms with Gasteiger partial charge in [0.05, 0.1) is 12.8 Å². The van der Waals surface area contributed by atoms with Crippen LogP contribution in [0.3, 0.4) is 0 Å². The molecule has 2 aliphatic rings. The first-order chi connectivity index (χ1) is 19.6. The molecule has 1 aliphatic carbocycles. The monoisotopic (exact) mass is 565 g/mol. The highest BCUT2D eigenvalue weighted by Gasteiger charge is 2.53. The summed E-state index contributed by atoms with van der Waals surface area (Å²) >= 11 is 0. The fourth-order valence-corrected chi connectivity index (χ4v) is 5.22. The number of imide groups is 1. The lowest BCUT2D eigenvalue weighted by atomic mass is 10.0. The van der Waals surface area contributed by atoms with Crippen molar-refractivity contribution in [2.45, 2.75) is 77.9 Å². The Balaban J connectivity index is 1.49. The molecular formula is C31H43N5O5. The van der Waals surface area contributed by atoms with Gasteiger partial charge in [0.2, 0.25) is 0 Å². The summed E-state index contributed by atoms with van der Waals surface area (Å²) in [5, 5.41) is 18.4. The van der Waals surface area contributed by atoms with Gasteiger partial charge in [-0.25, -0.2) is 14.6 Å². The van der Waals surface area contributed by atoms with Gasteiger partial charge in [0.15, 0.2) is 0 Å². The van der Waals surface area contributed by atoms with Crippen LogP contribution in [-0.2, 0) is 11.3 Å². The highest BCUT2D eigenvalue weighted by atomic mass is 16.5. The van der Waals surface area contributed by atoms with Crippen molar-refractivity contribution in [1.82, 2.24) is 14.9 Å². The van der Waals surface area contributed by atoms with E-state index in [1.54, 1.807) is 30.9 Å². The number of aliphatic hydroxyl groups is 1. The number of hydrazine groups is 1. The molecule has 1 aliphatic heterocycles. The summed E-state index contributed by atoms with van der Waals surface area (Å²) in [4.78, 5) is 41.7. The zero-order valence-electron chi connectivity index (χ0n) is 24.8. The largest absolute Gasteiger partial charge is 0.495 e. The average molecular weight is 566 g/mol. The molecule has 0 unspecified atom stereocenters. The lowest BCUT2D eigenvalue weighted by Gasteiger charge is -2.35. The maximum Gasteiger partial charge on any atom is 0.342 e. The molecule has 10 nitrogen and oxygen atoms in total. The van der Waals surface area contributed by atoms with Crippen molar-refractivity contribution in [2.24, 2.45) is 5.92 Å². The number of aryl methyl sites for hydroxylation is 1. The van der Waals surface area contributed by atoms with E-state index in [0.717, 1.165) is 29.9 Å². The first kappa shape index (κ1) is 30.3. The smallest absolute Gasteiger partial charge is 0.342 e. The van der Waals surface area contributed by atoms with E-state index >= 15 is 0 Å². The van der Waals surface area contributed by atoms with Gasteiger partial charge in [-0.05, 0) is 82.2 Å². The standard InChI is InChI=1S/C31H43N5O5/c1-21-9-6-7-11-25(21)32-29(39)33-26-15-14-24(19-27(26)41-5)20-34-30(40)36(28(38)31(34,3)4)35(22(2)16-18-37)17-8-10-23-12-13-23/h6-7,9,11,14-15,19,22-23,37H,8,10,12-13,16-18,20H2,1-5H3,(H2,32,33,39)/t22-/m1/s1. The van der Waals surface area contributed by atoms with E-state index in [1.807, 2.05) is 49.2 Å². The van der Waals surface area contributed by atoms with Crippen LogP contribution in [0.25, 0.3) is 0 Å². The molecule has 1 atom stereocenters. The number of hydrogen-bond acceptors (Lipinski definition) is 6. The number of amides is 5. The van der Waals surface area contributed by atoms with Crippen LogP contribution >= 0.6 is 0 Å². The number of ether oxygens (including phenoxy) is 1. The molecule has 0 spiro atoms. The second-order valence-electron chi connectivity index (χ2n) is 11.6. The number of methoxy groups -OCH3 is 1. The highest BCUT2D eigenvalue weighted by Crippen LogP contribution is 2.36. The van der Waals surface area contributed by atoms with Crippen molar-refractivity contribution in [2.75, 3.05) is 30.9 Å². The predicted octanol–water partition coefficient (Wildman–Crippen LogP) is 5.37. The van der Waals surface area contributed by atoms with Crippen LogP contribution < -0.4 is 15.4 Å². The number of benzene rings is 2. The third kappa shape index (κ3) is 7.00. The number of para-hydroxylation sites is 1. The summed E-state index contributed by atoms with van der Waals surface area (Å²) in [6, 6.07) is 11.9. The highest BCUT2D eigenvalue weighted by molar-refractivity contribution is 6.06. The summed E-state index contributed by atoms with van der Waals surface area (Å²) in [5.41, 5.74) is 1.82. The SMILES string of the molecule is COc1cc(CN2C(=O)N(N(CCCC3CC3)[C@H](C)CCO)C(=O)C2(C)C)ccc1NC(=O)Nc1ccccc1C. The minimum absolute atomic E-state index is 0.0211. The zero-order chi connectivity index (χ0) is 29.7. The minimum atomic E-state index is -1.07. The lowest BCUT2D eigenvalue weighted by Crippen LogP contribution is -2.52. The molecule has 222 valence electrons. The summed E-state index contributed by atoms with van der Waals surface area (Å²) in [5.74, 6) is 0.911. The van der Waals surface area contributed by atoms with Crippen molar-refractivity contribution >= 4 is 29.3 Å². The van der Waals surface area contributed by atoms with Gasteiger partial charge in [-0.2, -0.15) is 5.01 Å². The number of carbonyl (C=O) groups excluding carboxylic acids is 3. The Bertz CT molecular complexity index is 1260. The molecule has 2 aromatic carbocycles.